The Labute approximate surface area is 269 Å². The molecule has 3 amide bonds. The van der Waals surface area contributed by atoms with Crippen molar-refractivity contribution in [1.29, 1.82) is 0 Å². The molecule has 0 heterocycles. The smallest absolute Gasteiger partial charge is 0.408 e. The van der Waals surface area contributed by atoms with Crippen molar-refractivity contribution in [2.75, 3.05) is 6.54 Å². The standard InChI is InChI=1S/C36H53N3O6/c1-11-12-21-39(32(41)29(24(2)3)38-34(43)45-36(8,9)10)30(27-20-16-17-25(4)22-27)31(40)37-28(33(42)44-35(5,6)7)23-26-18-14-13-15-19-26/h13-20,22,24,28-30H,11-12,21,23H2,1-10H3,(H,37,40)(H,38,43). The largest absolute Gasteiger partial charge is 0.458 e. The predicted octanol–water partition coefficient (Wildman–Crippen LogP) is 6.28. The average Bonchev–Trinajstić information content (AvgIpc) is 2.91. The number of esters is 1. The molecule has 2 aromatic carbocycles. The molecule has 9 heteroatoms. The van der Waals surface area contributed by atoms with E-state index in [0.717, 1.165) is 17.5 Å². The van der Waals surface area contributed by atoms with Gasteiger partial charge in [-0.25, -0.2) is 9.59 Å². The van der Waals surface area contributed by atoms with Crippen molar-refractivity contribution >= 4 is 23.9 Å². The number of hydrogen-bond acceptors (Lipinski definition) is 6. The first-order chi connectivity index (χ1) is 20.9. The number of unbranched alkanes of at least 4 members (excludes halogenated alkanes) is 1. The Morgan fingerprint density at radius 3 is 2.00 bits per heavy atom. The highest BCUT2D eigenvalue weighted by molar-refractivity contribution is 5.94. The highest BCUT2D eigenvalue weighted by Crippen LogP contribution is 2.26. The van der Waals surface area contributed by atoms with Crippen molar-refractivity contribution in [1.82, 2.24) is 15.5 Å². The first kappa shape index (κ1) is 37.3. The Bertz CT molecular complexity index is 1280. The van der Waals surface area contributed by atoms with Crippen molar-refractivity contribution in [3.63, 3.8) is 0 Å². The molecule has 9 nitrogen and oxygen atoms in total. The van der Waals surface area contributed by atoms with Gasteiger partial charge in [-0.05, 0) is 71.9 Å². The lowest BCUT2D eigenvalue weighted by atomic mass is 9.97. The third-order valence-corrected chi connectivity index (χ3v) is 6.85. The summed E-state index contributed by atoms with van der Waals surface area (Å²) in [6, 6.07) is 13.8. The fraction of sp³-hybridized carbons (Fsp3) is 0.556. The summed E-state index contributed by atoms with van der Waals surface area (Å²) in [5, 5.41) is 5.68. The van der Waals surface area contributed by atoms with Crippen LogP contribution in [-0.4, -0.2) is 58.6 Å². The molecule has 0 saturated carbocycles. The lowest BCUT2D eigenvalue weighted by Crippen LogP contribution is -2.56. The van der Waals surface area contributed by atoms with Gasteiger partial charge < -0.3 is 25.0 Å². The molecule has 0 aliphatic heterocycles. The molecule has 0 radical (unpaired) electrons. The molecule has 0 aliphatic carbocycles. The van der Waals surface area contributed by atoms with E-state index in [1.165, 1.54) is 4.90 Å². The summed E-state index contributed by atoms with van der Waals surface area (Å²) in [5.74, 6) is -1.80. The number of alkyl carbamates (subject to hydrolysis) is 1. The number of rotatable bonds is 13. The normalized spacial score (nSPS) is 13.8. The van der Waals surface area contributed by atoms with Gasteiger partial charge in [-0.3, -0.25) is 9.59 Å². The summed E-state index contributed by atoms with van der Waals surface area (Å²) in [5.41, 5.74) is 0.831. The van der Waals surface area contributed by atoms with Crippen LogP contribution >= 0.6 is 0 Å². The summed E-state index contributed by atoms with van der Waals surface area (Å²) < 4.78 is 11.2. The maximum Gasteiger partial charge on any atom is 0.408 e. The number of aryl methyl sites for hydroxylation is 1. The molecule has 0 fully saturated rings. The van der Waals surface area contributed by atoms with E-state index in [1.54, 1.807) is 47.6 Å². The van der Waals surface area contributed by atoms with Gasteiger partial charge in [0, 0.05) is 13.0 Å². The van der Waals surface area contributed by atoms with Crippen LogP contribution in [0.1, 0.15) is 97.9 Å². The van der Waals surface area contributed by atoms with E-state index < -0.39 is 53.2 Å². The number of nitrogens with zero attached hydrogens (tertiary/aromatic N) is 1. The minimum Gasteiger partial charge on any atom is -0.458 e. The number of ether oxygens (including phenoxy) is 2. The van der Waals surface area contributed by atoms with Gasteiger partial charge in [0.15, 0.2) is 0 Å². The van der Waals surface area contributed by atoms with E-state index >= 15 is 0 Å². The predicted molar refractivity (Wildman–Crippen MR) is 176 cm³/mol. The van der Waals surface area contributed by atoms with Gasteiger partial charge in [0.2, 0.25) is 11.8 Å². The van der Waals surface area contributed by atoms with Crippen molar-refractivity contribution in [2.45, 2.75) is 118 Å². The van der Waals surface area contributed by atoms with Crippen LogP contribution in [0.3, 0.4) is 0 Å². The van der Waals surface area contributed by atoms with Gasteiger partial charge in [0.25, 0.3) is 0 Å². The van der Waals surface area contributed by atoms with E-state index in [1.807, 2.05) is 76.2 Å². The first-order valence-electron chi connectivity index (χ1n) is 15.9. The molecule has 0 aliphatic rings. The van der Waals surface area contributed by atoms with Gasteiger partial charge in [0.1, 0.15) is 29.3 Å². The van der Waals surface area contributed by atoms with Gasteiger partial charge in [0.05, 0.1) is 0 Å². The average molecular weight is 624 g/mol. The Kier molecular flexibility index (Phi) is 13.6. The molecule has 2 rings (SSSR count). The molecule has 248 valence electrons. The molecule has 3 unspecified atom stereocenters. The fourth-order valence-electron chi connectivity index (χ4n) is 4.80. The highest BCUT2D eigenvalue weighted by atomic mass is 16.6. The van der Waals surface area contributed by atoms with E-state index in [9.17, 15) is 19.2 Å². The summed E-state index contributed by atoms with van der Waals surface area (Å²) in [6.45, 7) is 18.4. The second kappa shape index (κ2) is 16.4. The summed E-state index contributed by atoms with van der Waals surface area (Å²) in [6.07, 6.45) is 0.888. The van der Waals surface area contributed by atoms with Crippen LogP contribution in [0, 0.1) is 12.8 Å². The van der Waals surface area contributed by atoms with Gasteiger partial charge >= 0.3 is 12.1 Å². The lowest BCUT2D eigenvalue weighted by Gasteiger charge is -2.36. The molecular formula is C36H53N3O6. The van der Waals surface area contributed by atoms with Crippen molar-refractivity contribution in [3.8, 4) is 0 Å². The Morgan fingerprint density at radius 1 is 0.844 bits per heavy atom. The topological polar surface area (TPSA) is 114 Å². The minimum absolute atomic E-state index is 0.208. The zero-order chi connectivity index (χ0) is 33.9. The SMILES string of the molecule is CCCCN(C(=O)C(NC(=O)OC(C)(C)C)C(C)C)C(C(=O)NC(Cc1ccccc1)C(=O)OC(C)(C)C)c1cccc(C)c1. The molecule has 0 aromatic heterocycles. The Morgan fingerprint density at radius 2 is 1.47 bits per heavy atom. The van der Waals surface area contributed by atoms with Crippen LogP contribution in [-0.2, 0) is 30.3 Å². The molecule has 2 N–H and O–H groups in total. The number of nitrogens with one attached hydrogen (secondary N) is 2. The van der Waals surface area contributed by atoms with E-state index in [-0.39, 0.29) is 18.9 Å². The van der Waals surface area contributed by atoms with Crippen LogP contribution < -0.4 is 10.6 Å². The number of carbonyl (C=O) groups is 4. The quantitative estimate of drug-likeness (QED) is 0.254. The molecule has 0 spiro atoms. The third kappa shape index (κ3) is 12.6. The Hall–Kier alpha value is -3.88. The van der Waals surface area contributed by atoms with Crippen LogP contribution in [0.2, 0.25) is 0 Å². The zero-order valence-electron chi connectivity index (χ0n) is 28.7. The monoisotopic (exact) mass is 623 g/mol. The third-order valence-electron chi connectivity index (χ3n) is 6.85. The number of benzene rings is 2. The van der Waals surface area contributed by atoms with Crippen LogP contribution in [0.5, 0.6) is 0 Å². The van der Waals surface area contributed by atoms with Crippen molar-refractivity contribution in [2.24, 2.45) is 5.92 Å². The molecule has 3 atom stereocenters. The molecule has 2 aromatic rings. The van der Waals surface area contributed by atoms with E-state index in [0.29, 0.717) is 12.0 Å². The second-order valence-electron chi connectivity index (χ2n) is 13.9. The van der Waals surface area contributed by atoms with Gasteiger partial charge in [-0.1, -0.05) is 87.4 Å². The summed E-state index contributed by atoms with van der Waals surface area (Å²) >= 11 is 0. The number of carbonyl (C=O) groups excluding carboxylic acids is 4. The summed E-state index contributed by atoms with van der Waals surface area (Å²) in [7, 11) is 0. The second-order valence-corrected chi connectivity index (χ2v) is 13.9. The molecule has 45 heavy (non-hydrogen) atoms. The zero-order valence-corrected chi connectivity index (χ0v) is 28.7. The van der Waals surface area contributed by atoms with Gasteiger partial charge in [-0.15, -0.1) is 0 Å². The highest BCUT2D eigenvalue weighted by Gasteiger charge is 2.39. The van der Waals surface area contributed by atoms with Crippen molar-refractivity contribution < 1.29 is 28.7 Å². The van der Waals surface area contributed by atoms with Crippen LogP contribution in [0.15, 0.2) is 54.6 Å². The van der Waals surface area contributed by atoms with Crippen LogP contribution in [0.4, 0.5) is 4.79 Å². The first-order valence-corrected chi connectivity index (χ1v) is 15.9. The minimum atomic E-state index is -1.08. The Balaban J connectivity index is 2.59. The maximum absolute atomic E-state index is 14.4. The fourth-order valence-corrected chi connectivity index (χ4v) is 4.80. The van der Waals surface area contributed by atoms with Gasteiger partial charge in [-0.2, -0.15) is 0 Å². The number of amides is 3. The number of hydrogen-bond donors (Lipinski definition) is 2. The summed E-state index contributed by atoms with van der Waals surface area (Å²) in [4.78, 5) is 56.6. The van der Waals surface area contributed by atoms with E-state index in [2.05, 4.69) is 10.6 Å². The molecule has 0 saturated heterocycles. The van der Waals surface area contributed by atoms with Crippen LogP contribution in [0.25, 0.3) is 0 Å². The van der Waals surface area contributed by atoms with E-state index in [4.69, 9.17) is 9.47 Å². The molecule has 0 bridgehead atoms. The molecular weight excluding hydrogens is 570 g/mol. The lowest BCUT2D eigenvalue weighted by molar-refractivity contribution is -0.159. The van der Waals surface area contributed by atoms with Crippen molar-refractivity contribution in [3.05, 3.63) is 71.3 Å². The maximum atomic E-state index is 14.4.